The average Bonchev–Trinajstić information content (AvgIpc) is 3.02. The van der Waals surface area contributed by atoms with Crippen molar-refractivity contribution in [3.05, 3.63) is 0 Å². The van der Waals surface area contributed by atoms with Gasteiger partial charge in [-0.25, -0.2) is 19.4 Å². The van der Waals surface area contributed by atoms with Crippen LogP contribution >= 0.6 is 0 Å². The predicted molar refractivity (Wildman–Crippen MR) is 94.6 cm³/mol. The number of carbonyl (C=O) groups excluding carboxylic acids is 2. The van der Waals surface area contributed by atoms with Crippen molar-refractivity contribution in [2.24, 2.45) is 5.92 Å². The smallest absolute Gasteiger partial charge is 0.363 e. The van der Waals surface area contributed by atoms with E-state index in [-0.39, 0.29) is 0 Å². The Morgan fingerprint density at radius 2 is 1.44 bits per heavy atom. The lowest BCUT2D eigenvalue weighted by atomic mass is 9.84. The molecule has 32 heavy (non-hydrogen) atoms. The van der Waals surface area contributed by atoms with E-state index < -0.39 is 92.0 Å². The molecule has 0 aliphatic carbocycles. The summed E-state index contributed by atoms with van der Waals surface area (Å²) in [7, 11) is 0. The summed E-state index contributed by atoms with van der Waals surface area (Å²) in [6, 6.07) is 0. The van der Waals surface area contributed by atoms with Gasteiger partial charge >= 0.3 is 11.9 Å². The Kier molecular flexibility index (Phi) is 8.52. The first-order chi connectivity index (χ1) is 14.9. The van der Waals surface area contributed by atoms with Crippen molar-refractivity contribution in [2.75, 3.05) is 19.8 Å². The first-order valence-electron chi connectivity index (χ1n) is 9.58. The summed E-state index contributed by atoms with van der Waals surface area (Å²) < 4.78 is 16.2. The minimum absolute atomic E-state index is 0.829. The van der Waals surface area contributed by atoms with Crippen LogP contribution in [0.3, 0.4) is 0 Å². The van der Waals surface area contributed by atoms with Gasteiger partial charge in [0.25, 0.3) is 0 Å². The van der Waals surface area contributed by atoms with E-state index in [1.807, 2.05) is 0 Å². The largest absolute Gasteiger partial charge is 0.394 e. The van der Waals surface area contributed by atoms with Crippen molar-refractivity contribution < 1.29 is 74.4 Å². The lowest BCUT2D eigenvalue weighted by molar-refractivity contribution is -0.445. The summed E-state index contributed by atoms with van der Waals surface area (Å²) >= 11 is 0. The van der Waals surface area contributed by atoms with E-state index in [0.717, 1.165) is 13.8 Å². The fourth-order valence-electron chi connectivity index (χ4n) is 3.56. The van der Waals surface area contributed by atoms with E-state index in [1.54, 1.807) is 0 Å². The fourth-order valence-corrected chi connectivity index (χ4v) is 3.56. The first-order valence-corrected chi connectivity index (χ1v) is 9.58. The van der Waals surface area contributed by atoms with Crippen LogP contribution in [-0.4, -0.2) is 127 Å². The molecule has 0 aromatic carbocycles. The van der Waals surface area contributed by atoms with Gasteiger partial charge in [-0.2, -0.15) is 0 Å². The molecule has 0 bridgehead atoms. The molecule has 0 aromatic heterocycles. The van der Waals surface area contributed by atoms with Gasteiger partial charge in [-0.05, 0) is 6.92 Å². The fraction of sp³-hybridized carbons (Fsp3) is 0.882. The van der Waals surface area contributed by atoms with Crippen molar-refractivity contribution in [3.8, 4) is 0 Å². The molecule has 8 N–H and O–H groups in total. The normalized spacial score (nSPS) is 43.0. The van der Waals surface area contributed by atoms with Gasteiger partial charge in [-0.3, -0.25) is 0 Å². The van der Waals surface area contributed by atoms with Crippen LogP contribution in [0.1, 0.15) is 13.8 Å². The first kappa shape index (κ1) is 26.7. The van der Waals surface area contributed by atoms with E-state index in [1.165, 1.54) is 0 Å². The molecule has 2 saturated heterocycles. The van der Waals surface area contributed by atoms with Crippen molar-refractivity contribution in [2.45, 2.75) is 68.1 Å². The maximum absolute atomic E-state index is 12.5. The van der Waals surface area contributed by atoms with Gasteiger partial charge in [0.2, 0.25) is 11.6 Å². The number of carbonyl (C=O) groups is 2. The number of rotatable bonds is 7. The second kappa shape index (κ2) is 10.2. The third-order valence-electron chi connectivity index (χ3n) is 5.42. The molecule has 2 heterocycles. The Morgan fingerprint density at radius 1 is 0.875 bits per heavy atom. The van der Waals surface area contributed by atoms with Gasteiger partial charge in [-0.15, -0.1) is 0 Å². The van der Waals surface area contributed by atoms with Crippen LogP contribution in [0.2, 0.25) is 0 Å². The summed E-state index contributed by atoms with van der Waals surface area (Å²) in [5.74, 6) is -9.69. The topological polar surface area (TPSA) is 242 Å². The molecule has 2 rings (SSSR count). The van der Waals surface area contributed by atoms with Crippen LogP contribution in [0.5, 0.6) is 0 Å². The highest BCUT2D eigenvalue weighted by Gasteiger charge is 2.66. The van der Waals surface area contributed by atoms with Crippen LogP contribution < -0.4 is 0 Å². The maximum Gasteiger partial charge on any atom is 0.363 e. The Morgan fingerprint density at radius 3 is 1.91 bits per heavy atom. The van der Waals surface area contributed by atoms with E-state index >= 15 is 0 Å². The zero-order valence-corrected chi connectivity index (χ0v) is 17.2. The number of ether oxygens (including phenoxy) is 3. The summed E-state index contributed by atoms with van der Waals surface area (Å²) in [4.78, 5) is 31.9. The van der Waals surface area contributed by atoms with Crippen LogP contribution in [-0.2, 0) is 33.6 Å². The highest BCUT2D eigenvalue weighted by molar-refractivity contribution is 5.74. The number of hydrogen-bond acceptors (Lipinski definition) is 15. The summed E-state index contributed by atoms with van der Waals surface area (Å²) in [6.45, 7) is -1.06. The zero-order chi connectivity index (χ0) is 24.4. The van der Waals surface area contributed by atoms with Crippen molar-refractivity contribution in [1.29, 1.82) is 0 Å². The lowest BCUT2D eigenvalue weighted by Crippen LogP contribution is -2.72. The average molecular weight is 472 g/mol. The molecular weight excluding hydrogens is 444 g/mol. The Hall–Kier alpha value is -1.50. The molecule has 0 saturated carbocycles. The number of hydrogen-bond donors (Lipinski definition) is 8. The highest BCUT2D eigenvalue weighted by Crippen LogP contribution is 2.44. The van der Waals surface area contributed by atoms with Crippen LogP contribution in [0.25, 0.3) is 0 Å². The molecule has 0 radical (unpaired) electrons. The summed E-state index contributed by atoms with van der Waals surface area (Å²) in [5, 5.41) is 80.4. The molecule has 0 aromatic rings. The number of aliphatic hydroxyl groups is 8. The Labute approximate surface area is 181 Å². The second-order valence-electron chi connectivity index (χ2n) is 7.53. The second-order valence-corrected chi connectivity index (χ2v) is 7.53. The minimum atomic E-state index is -2.81. The molecule has 2 fully saturated rings. The third kappa shape index (κ3) is 4.59. The molecule has 15 nitrogen and oxygen atoms in total. The van der Waals surface area contributed by atoms with Crippen LogP contribution in [0.4, 0.5) is 0 Å². The molecule has 186 valence electrons. The molecule has 0 spiro atoms. The quantitative estimate of drug-likeness (QED) is 0.127. The molecule has 2 aliphatic heterocycles. The lowest BCUT2D eigenvalue weighted by Gasteiger charge is -2.52. The van der Waals surface area contributed by atoms with Gasteiger partial charge in [0.05, 0.1) is 13.2 Å². The van der Waals surface area contributed by atoms with E-state index in [0.29, 0.717) is 0 Å². The third-order valence-corrected chi connectivity index (χ3v) is 5.42. The molecular formula is C17H28O15. The van der Waals surface area contributed by atoms with Crippen molar-refractivity contribution >= 4 is 11.9 Å². The SMILES string of the molecule is CC(=O)OOC(=O)C(C)[C@@]1(OC2(CO)O[C@H](CO)[C@@H](O)[C@@H]2O)O[C@H](CO)[C@@H](O)[C@H](O)[C@H]1O. The van der Waals surface area contributed by atoms with E-state index in [9.17, 15) is 50.4 Å². The standard InChI is InChI=1S/C17H28O15/c1-6(15(27)31-30-7(2)21)17(14(26)12(24)10(22)8(3-18)29-17)32-16(5-20)13(25)11(23)9(4-19)28-16/h6,8-14,18-20,22-26H,3-5H2,1-2H3/t6?,8-,9-,10-,11-,12+,13+,14-,16?,17+/m1/s1. The van der Waals surface area contributed by atoms with E-state index in [2.05, 4.69) is 9.78 Å². The Balaban J connectivity index is 2.53. The highest BCUT2D eigenvalue weighted by atomic mass is 17.2. The van der Waals surface area contributed by atoms with Gasteiger partial charge in [0.15, 0.2) is 0 Å². The maximum atomic E-state index is 12.5. The molecule has 10 atom stereocenters. The molecule has 2 unspecified atom stereocenters. The van der Waals surface area contributed by atoms with Gasteiger partial charge in [-0.1, -0.05) is 0 Å². The summed E-state index contributed by atoms with van der Waals surface area (Å²) in [5.41, 5.74) is 0. The van der Waals surface area contributed by atoms with E-state index in [4.69, 9.17) is 14.2 Å². The van der Waals surface area contributed by atoms with Crippen molar-refractivity contribution in [1.82, 2.24) is 0 Å². The van der Waals surface area contributed by atoms with Crippen molar-refractivity contribution in [3.63, 3.8) is 0 Å². The van der Waals surface area contributed by atoms with Crippen LogP contribution in [0, 0.1) is 5.92 Å². The Bertz CT molecular complexity index is 672. The number of aliphatic hydroxyl groups excluding tert-OH is 8. The van der Waals surface area contributed by atoms with Crippen LogP contribution in [0.15, 0.2) is 0 Å². The van der Waals surface area contributed by atoms with Gasteiger partial charge in [0.1, 0.15) is 55.3 Å². The molecule has 0 amide bonds. The van der Waals surface area contributed by atoms with Gasteiger partial charge in [0, 0.05) is 6.92 Å². The minimum Gasteiger partial charge on any atom is -0.394 e. The van der Waals surface area contributed by atoms with Gasteiger partial charge < -0.3 is 55.1 Å². The monoisotopic (exact) mass is 472 g/mol. The zero-order valence-electron chi connectivity index (χ0n) is 17.2. The predicted octanol–water partition coefficient (Wildman–Crippen LogP) is -5.37. The molecule has 15 heteroatoms. The summed E-state index contributed by atoms with van der Waals surface area (Å²) in [6.07, 6.45) is -13.3. The molecule has 2 aliphatic rings.